The van der Waals surface area contributed by atoms with Crippen LogP contribution < -0.4 is 4.74 Å². The second kappa shape index (κ2) is 10.3. The molecule has 4 heterocycles. The summed E-state index contributed by atoms with van der Waals surface area (Å²) in [6.07, 6.45) is 8.29. The first-order chi connectivity index (χ1) is 17.1. The molecular weight excluding hydrogens is 440 g/mol. The van der Waals surface area contributed by atoms with E-state index in [9.17, 15) is 4.79 Å². The zero-order valence-corrected chi connectivity index (χ0v) is 20.2. The highest BCUT2D eigenvalue weighted by molar-refractivity contribution is 5.89. The normalized spacial score (nSPS) is 14.8. The van der Waals surface area contributed by atoms with Gasteiger partial charge < -0.3 is 14.0 Å². The number of methoxy groups -OCH3 is 2. The maximum atomic E-state index is 11.7. The van der Waals surface area contributed by atoms with Gasteiger partial charge in [0.05, 0.1) is 19.8 Å². The van der Waals surface area contributed by atoms with Crippen LogP contribution in [0.3, 0.4) is 0 Å². The number of piperidine rings is 1. The fourth-order valence-electron chi connectivity index (χ4n) is 4.81. The van der Waals surface area contributed by atoms with Crippen LogP contribution >= 0.6 is 0 Å². The number of carbonyl (C=O) groups is 1. The molecule has 1 aliphatic rings. The van der Waals surface area contributed by atoms with Crippen LogP contribution in [0.25, 0.3) is 11.0 Å². The van der Waals surface area contributed by atoms with E-state index in [4.69, 9.17) is 14.5 Å². The smallest absolute Gasteiger partial charge is 0.337 e. The molecule has 1 fully saturated rings. The summed E-state index contributed by atoms with van der Waals surface area (Å²) < 4.78 is 12.1. The second-order valence-electron chi connectivity index (χ2n) is 9.07. The predicted octanol–water partition coefficient (Wildman–Crippen LogP) is 4.65. The van der Waals surface area contributed by atoms with Crippen LogP contribution in [0.1, 0.15) is 45.8 Å². The number of nitrogens with zero attached hydrogens (tertiary/aromatic N) is 4. The van der Waals surface area contributed by atoms with Gasteiger partial charge in [-0.1, -0.05) is 18.2 Å². The predicted molar refractivity (Wildman–Crippen MR) is 135 cm³/mol. The van der Waals surface area contributed by atoms with Crippen LogP contribution in [-0.2, 0) is 17.8 Å². The maximum absolute atomic E-state index is 11.7. The van der Waals surface area contributed by atoms with Gasteiger partial charge in [0.2, 0.25) is 5.88 Å². The zero-order valence-electron chi connectivity index (χ0n) is 20.2. The minimum atomic E-state index is -0.319. The van der Waals surface area contributed by atoms with Crippen molar-refractivity contribution in [3.63, 3.8) is 0 Å². The Morgan fingerprint density at radius 1 is 0.943 bits per heavy atom. The molecule has 180 valence electrons. The van der Waals surface area contributed by atoms with Crippen molar-refractivity contribution in [1.29, 1.82) is 0 Å². The van der Waals surface area contributed by atoms with Crippen LogP contribution in [0.5, 0.6) is 5.88 Å². The third kappa shape index (κ3) is 5.20. The SMILES string of the molecule is COC(=O)c1ccc(Cn2ccc3cc(C4CCN(Cc5ccc(OC)nc5)CC4)cnc32)cc1. The van der Waals surface area contributed by atoms with E-state index < -0.39 is 0 Å². The van der Waals surface area contributed by atoms with Gasteiger partial charge in [-0.2, -0.15) is 0 Å². The Kier molecular flexibility index (Phi) is 6.77. The van der Waals surface area contributed by atoms with Gasteiger partial charge in [-0.3, -0.25) is 4.90 Å². The van der Waals surface area contributed by atoms with Crippen molar-refractivity contribution in [3.8, 4) is 5.88 Å². The Hall–Kier alpha value is -3.71. The van der Waals surface area contributed by atoms with E-state index >= 15 is 0 Å². The van der Waals surface area contributed by atoms with Gasteiger partial charge in [0.25, 0.3) is 0 Å². The average molecular weight is 471 g/mol. The third-order valence-corrected chi connectivity index (χ3v) is 6.82. The summed E-state index contributed by atoms with van der Waals surface area (Å²) in [5.41, 5.74) is 5.19. The van der Waals surface area contributed by atoms with E-state index in [1.165, 1.54) is 23.6 Å². The van der Waals surface area contributed by atoms with E-state index in [1.54, 1.807) is 19.2 Å². The Balaban J connectivity index is 1.21. The molecule has 0 saturated carbocycles. The van der Waals surface area contributed by atoms with Gasteiger partial charge >= 0.3 is 5.97 Å². The maximum Gasteiger partial charge on any atom is 0.337 e. The first kappa shape index (κ1) is 23.1. The largest absolute Gasteiger partial charge is 0.481 e. The van der Waals surface area contributed by atoms with E-state index in [2.05, 4.69) is 38.8 Å². The van der Waals surface area contributed by atoms with Crippen molar-refractivity contribution in [2.24, 2.45) is 0 Å². The number of rotatable bonds is 7. The average Bonchev–Trinajstić information content (AvgIpc) is 3.31. The molecule has 7 heteroatoms. The van der Waals surface area contributed by atoms with Gasteiger partial charge in [-0.25, -0.2) is 14.8 Å². The fourth-order valence-corrected chi connectivity index (χ4v) is 4.81. The second-order valence-corrected chi connectivity index (χ2v) is 9.07. The Morgan fingerprint density at radius 2 is 1.71 bits per heavy atom. The first-order valence-corrected chi connectivity index (χ1v) is 12.0. The standard InChI is InChI=1S/C28H30N4O3/c1-34-26-8-5-21(16-29-26)18-31-12-9-22(10-13-31)25-15-24-11-14-32(27(24)30-17-25)19-20-3-6-23(7-4-20)28(33)35-2/h3-8,11,14-17,22H,9-10,12-13,18-19H2,1-2H3. The summed E-state index contributed by atoms with van der Waals surface area (Å²) in [6.45, 7) is 3.76. The lowest BCUT2D eigenvalue weighted by Gasteiger charge is -2.32. The number of aromatic nitrogens is 3. The number of esters is 1. The van der Waals surface area contributed by atoms with Gasteiger partial charge in [0, 0.05) is 43.1 Å². The number of fused-ring (bicyclic) bond motifs is 1. The highest BCUT2D eigenvalue weighted by Crippen LogP contribution is 2.30. The minimum Gasteiger partial charge on any atom is -0.481 e. The van der Waals surface area contributed by atoms with Crippen molar-refractivity contribution >= 4 is 17.0 Å². The highest BCUT2D eigenvalue weighted by Gasteiger charge is 2.21. The third-order valence-electron chi connectivity index (χ3n) is 6.82. The number of hydrogen-bond donors (Lipinski definition) is 0. The lowest BCUT2D eigenvalue weighted by molar-refractivity contribution is 0.0600. The van der Waals surface area contributed by atoms with Crippen LogP contribution in [-0.4, -0.2) is 52.7 Å². The molecule has 0 radical (unpaired) electrons. The molecule has 0 bridgehead atoms. The molecule has 35 heavy (non-hydrogen) atoms. The summed E-state index contributed by atoms with van der Waals surface area (Å²) in [6, 6.07) is 16.0. The molecule has 0 atom stereocenters. The lowest BCUT2D eigenvalue weighted by atomic mass is 9.90. The van der Waals surface area contributed by atoms with Crippen molar-refractivity contribution < 1.29 is 14.3 Å². The number of ether oxygens (including phenoxy) is 2. The van der Waals surface area contributed by atoms with Crippen LogP contribution in [0.4, 0.5) is 0 Å². The molecule has 0 unspecified atom stereocenters. The molecule has 1 aliphatic heterocycles. The van der Waals surface area contributed by atoms with Crippen LogP contribution in [0.15, 0.2) is 67.1 Å². The summed E-state index contributed by atoms with van der Waals surface area (Å²) in [4.78, 5) is 23.3. The quantitative estimate of drug-likeness (QED) is 0.366. The summed E-state index contributed by atoms with van der Waals surface area (Å²) >= 11 is 0. The number of hydrogen-bond acceptors (Lipinski definition) is 6. The molecule has 1 aromatic carbocycles. The van der Waals surface area contributed by atoms with Crippen LogP contribution in [0, 0.1) is 0 Å². The van der Waals surface area contributed by atoms with Gasteiger partial charge in [0.15, 0.2) is 0 Å². The molecule has 3 aromatic heterocycles. The summed E-state index contributed by atoms with van der Waals surface area (Å²) in [5.74, 6) is 0.868. The Labute approximate surface area is 205 Å². The topological polar surface area (TPSA) is 69.5 Å². The molecule has 0 amide bonds. The van der Waals surface area contributed by atoms with E-state index in [-0.39, 0.29) is 5.97 Å². The van der Waals surface area contributed by atoms with Gasteiger partial charge in [-0.15, -0.1) is 0 Å². The Bertz CT molecular complexity index is 1290. The molecular formula is C28H30N4O3. The molecule has 1 saturated heterocycles. The fraction of sp³-hybridized carbons (Fsp3) is 0.321. The number of likely N-dealkylation sites (tertiary alicyclic amines) is 1. The van der Waals surface area contributed by atoms with E-state index in [1.807, 2.05) is 30.6 Å². The Morgan fingerprint density at radius 3 is 2.40 bits per heavy atom. The zero-order chi connectivity index (χ0) is 24.2. The van der Waals surface area contributed by atoms with Gasteiger partial charge in [-0.05, 0) is 72.8 Å². The summed E-state index contributed by atoms with van der Waals surface area (Å²) in [7, 11) is 3.03. The summed E-state index contributed by atoms with van der Waals surface area (Å²) in [5, 5.41) is 1.17. The first-order valence-electron chi connectivity index (χ1n) is 12.0. The molecule has 0 spiro atoms. The molecule has 0 N–H and O–H groups in total. The van der Waals surface area contributed by atoms with Crippen molar-refractivity contribution in [2.75, 3.05) is 27.3 Å². The monoisotopic (exact) mass is 470 g/mol. The van der Waals surface area contributed by atoms with Crippen LogP contribution in [0.2, 0.25) is 0 Å². The van der Waals surface area contributed by atoms with Crippen molar-refractivity contribution in [3.05, 3.63) is 89.4 Å². The number of pyridine rings is 2. The lowest BCUT2D eigenvalue weighted by Crippen LogP contribution is -2.32. The number of carbonyl (C=O) groups excluding carboxylic acids is 1. The molecule has 4 aromatic rings. The van der Waals surface area contributed by atoms with Gasteiger partial charge in [0.1, 0.15) is 5.65 Å². The molecule has 7 nitrogen and oxygen atoms in total. The molecule has 0 aliphatic carbocycles. The highest BCUT2D eigenvalue weighted by atomic mass is 16.5. The van der Waals surface area contributed by atoms with E-state index in [0.717, 1.165) is 43.7 Å². The van der Waals surface area contributed by atoms with Crippen molar-refractivity contribution in [1.82, 2.24) is 19.4 Å². The molecule has 5 rings (SSSR count). The number of benzene rings is 1. The van der Waals surface area contributed by atoms with Crippen molar-refractivity contribution in [2.45, 2.75) is 31.8 Å². The minimum absolute atomic E-state index is 0.319. The van der Waals surface area contributed by atoms with E-state index in [0.29, 0.717) is 23.9 Å².